The highest BCUT2D eigenvalue weighted by atomic mass is 79.9. The number of benzene rings is 1. The first-order valence-corrected chi connectivity index (χ1v) is 6.04. The summed E-state index contributed by atoms with van der Waals surface area (Å²) >= 11 is 9.37. The fourth-order valence-electron chi connectivity index (χ4n) is 1.30. The highest BCUT2D eigenvalue weighted by Gasteiger charge is 2.05. The molecule has 0 radical (unpaired) electrons. The number of aromatic nitrogens is 2. The number of nitrogens with one attached hydrogen (secondary N) is 1. The predicted molar refractivity (Wildman–Crippen MR) is 73.6 cm³/mol. The van der Waals surface area contributed by atoms with Crippen molar-refractivity contribution >= 4 is 45.0 Å². The van der Waals surface area contributed by atoms with Crippen molar-refractivity contribution in [2.75, 3.05) is 11.1 Å². The molecule has 4 nitrogen and oxygen atoms in total. The molecule has 1 aromatic heterocycles. The van der Waals surface area contributed by atoms with Crippen LogP contribution in [0.25, 0.3) is 0 Å². The maximum absolute atomic E-state index is 5.94. The van der Waals surface area contributed by atoms with Crippen molar-refractivity contribution < 1.29 is 0 Å². The van der Waals surface area contributed by atoms with E-state index in [0.717, 1.165) is 15.7 Å². The Morgan fingerprint density at radius 1 is 1.41 bits per heavy atom. The summed E-state index contributed by atoms with van der Waals surface area (Å²) in [5.41, 5.74) is 7.29. The Balaban J connectivity index is 2.37. The van der Waals surface area contributed by atoms with Gasteiger partial charge in [-0.05, 0) is 41.1 Å². The van der Waals surface area contributed by atoms with E-state index in [2.05, 4.69) is 31.2 Å². The van der Waals surface area contributed by atoms with Gasteiger partial charge in [-0.1, -0.05) is 11.6 Å². The number of halogens is 2. The quantitative estimate of drug-likeness (QED) is 0.890. The van der Waals surface area contributed by atoms with Crippen molar-refractivity contribution in [2.45, 2.75) is 6.92 Å². The largest absolute Gasteiger partial charge is 0.368 e. The van der Waals surface area contributed by atoms with Gasteiger partial charge in [0.25, 0.3) is 0 Å². The molecule has 2 aromatic rings. The average Bonchev–Trinajstić information content (AvgIpc) is 2.28. The molecule has 2 rings (SSSR count). The number of nitrogens with two attached hydrogens (primary N) is 1. The number of hydrogen-bond acceptors (Lipinski definition) is 4. The van der Waals surface area contributed by atoms with E-state index in [1.54, 1.807) is 12.3 Å². The van der Waals surface area contributed by atoms with Crippen LogP contribution in [0.3, 0.4) is 0 Å². The summed E-state index contributed by atoms with van der Waals surface area (Å²) in [6.45, 7) is 1.90. The third-order valence-electron chi connectivity index (χ3n) is 2.17. The number of nitrogen functional groups attached to an aromatic ring is 1. The number of anilines is 3. The van der Waals surface area contributed by atoms with Crippen LogP contribution >= 0.6 is 27.5 Å². The summed E-state index contributed by atoms with van der Waals surface area (Å²) in [6.07, 6.45) is 1.67. The van der Waals surface area contributed by atoms with Gasteiger partial charge in [0.05, 0.1) is 5.69 Å². The van der Waals surface area contributed by atoms with E-state index >= 15 is 0 Å². The van der Waals surface area contributed by atoms with Crippen LogP contribution in [0.5, 0.6) is 0 Å². The third-order valence-corrected chi connectivity index (χ3v) is 3.10. The van der Waals surface area contributed by atoms with Gasteiger partial charge in [-0.25, -0.2) is 4.98 Å². The first kappa shape index (κ1) is 12.1. The zero-order chi connectivity index (χ0) is 12.4. The molecule has 17 heavy (non-hydrogen) atoms. The Morgan fingerprint density at radius 2 is 2.18 bits per heavy atom. The lowest BCUT2D eigenvalue weighted by atomic mass is 10.3. The molecule has 0 aliphatic carbocycles. The van der Waals surface area contributed by atoms with Gasteiger partial charge in [0.2, 0.25) is 5.95 Å². The Morgan fingerprint density at radius 3 is 2.94 bits per heavy atom. The highest BCUT2D eigenvalue weighted by Crippen LogP contribution is 2.29. The lowest BCUT2D eigenvalue weighted by Gasteiger charge is -2.10. The van der Waals surface area contributed by atoms with Gasteiger partial charge < -0.3 is 11.1 Å². The Labute approximate surface area is 112 Å². The summed E-state index contributed by atoms with van der Waals surface area (Å²) in [4.78, 5) is 8.04. The molecule has 0 unspecified atom stereocenters. The minimum Gasteiger partial charge on any atom is -0.368 e. The molecule has 0 atom stereocenters. The van der Waals surface area contributed by atoms with Gasteiger partial charge >= 0.3 is 0 Å². The molecule has 6 heteroatoms. The maximum atomic E-state index is 5.94. The normalized spacial score (nSPS) is 10.3. The standard InChI is InChI=1S/C11H10BrClN4/c1-6-5-15-11(14)17-10(6)16-9-4-7(13)2-3-8(9)12/h2-5H,1H3,(H3,14,15,16,17). The molecule has 88 valence electrons. The van der Waals surface area contributed by atoms with Crippen molar-refractivity contribution in [2.24, 2.45) is 0 Å². The maximum Gasteiger partial charge on any atom is 0.221 e. The first-order valence-electron chi connectivity index (χ1n) is 4.87. The second-order valence-corrected chi connectivity index (χ2v) is 4.80. The van der Waals surface area contributed by atoms with E-state index in [-0.39, 0.29) is 5.95 Å². The predicted octanol–water partition coefficient (Wildman–Crippen LogP) is 3.53. The molecule has 1 aromatic carbocycles. The number of rotatable bonds is 2. The van der Waals surface area contributed by atoms with Crippen LogP contribution in [0.2, 0.25) is 5.02 Å². The first-order chi connectivity index (χ1) is 8.06. The highest BCUT2D eigenvalue weighted by molar-refractivity contribution is 9.10. The van der Waals surface area contributed by atoms with Gasteiger partial charge in [-0.3, -0.25) is 0 Å². The van der Waals surface area contributed by atoms with Gasteiger partial charge in [0.15, 0.2) is 0 Å². The molecular weight excluding hydrogens is 304 g/mol. The average molecular weight is 314 g/mol. The molecule has 0 fully saturated rings. The van der Waals surface area contributed by atoms with Crippen LogP contribution < -0.4 is 11.1 Å². The van der Waals surface area contributed by atoms with E-state index < -0.39 is 0 Å². The minimum absolute atomic E-state index is 0.233. The van der Waals surface area contributed by atoms with Crippen molar-refractivity contribution in [3.8, 4) is 0 Å². The molecule has 0 bridgehead atoms. The lowest BCUT2D eigenvalue weighted by Crippen LogP contribution is -2.02. The smallest absolute Gasteiger partial charge is 0.221 e. The van der Waals surface area contributed by atoms with Crippen LogP contribution in [0.4, 0.5) is 17.5 Å². The van der Waals surface area contributed by atoms with Crippen LogP contribution in [0.1, 0.15) is 5.56 Å². The van der Waals surface area contributed by atoms with Crippen molar-refractivity contribution in [3.63, 3.8) is 0 Å². The fourth-order valence-corrected chi connectivity index (χ4v) is 1.82. The summed E-state index contributed by atoms with van der Waals surface area (Å²) in [5, 5.41) is 3.81. The molecule has 0 amide bonds. The molecular formula is C11H10BrClN4. The summed E-state index contributed by atoms with van der Waals surface area (Å²) in [5.74, 6) is 0.900. The van der Waals surface area contributed by atoms with E-state index in [1.807, 2.05) is 19.1 Å². The number of nitrogens with zero attached hydrogens (tertiary/aromatic N) is 2. The topological polar surface area (TPSA) is 63.8 Å². The second-order valence-electron chi connectivity index (χ2n) is 3.51. The molecule has 0 saturated carbocycles. The van der Waals surface area contributed by atoms with Crippen molar-refractivity contribution in [1.82, 2.24) is 9.97 Å². The molecule has 0 aliphatic rings. The monoisotopic (exact) mass is 312 g/mol. The number of aryl methyl sites for hydroxylation is 1. The van der Waals surface area contributed by atoms with Crippen LogP contribution in [-0.4, -0.2) is 9.97 Å². The second kappa shape index (κ2) is 4.89. The Bertz CT molecular complexity index is 510. The summed E-state index contributed by atoms with van der Waals surface area (Å²) < 4.78 is 0.901. The van der Waals surface area contributed by atoms with Gasteiger partial charge in [-0.2, -0.15) is 4.98 Å². The van der Waals surface area contributed by atoms with Gasteiger partial charge in [0, 0.05) is 21.3 Å². The molecule has 0 spiro atoms. The SMILES string of the molecule is Cc1cnc(N)nc1Nc1cc(Cl)ccc1Br. The lowest BCUT2D eigenvalue weighted by molar-refractivity contribution is 1.15. The Kier molecular flexibility index (Phi) is 3.49. The fraction of sp³-hybridized carbons (Fsp3) is 0.0909. The Hall–Kier alpha value is -1.33. The van der Waals surface area contributed by atoms with Crippen molar-refractivity contribution in [1.29, 1.82) is 0 Å². The van der Waals surface area contributed by atoms with Gasteiger partial charge in [0.1, 0.15) is 5.82 Å². The van der Waals surface area contributed by atoms with Crippen LogP contribution in [-0.2, 0) is 0 Å². The molecule has 1 heterocycles. The van der Waals surface area contributed by atoms with E-state index in [9.17, 15) is 0 Å². The number of hydrogen-bond donors (Lipinski definition) is 2. The van der Waals surface area contributed by atoms with Gasteiger partial charge in [-0.15, -0.1) is 0 Å². The third kappa shape index (κ3) is 2.87. The van der Waals surface area contributed by atoms with Crippen molar-refractivity contribution in [3.05, 3.63) is 39.5 Å². The van der Waals surface area contributed by atoms with E-state index in [0.29, 0.717) is 10.8 Å². The zero-order valence-electron chi connectivity index (χ0n) is 9.04. The zero-order valence-corrected chi connectivity index (χ0v) is 11.4. The van der Waals surface area contributed by atoms with Crippen LogP contribution in [0, 0.1) is 6.92 Å². The summed E-state index contributed by atoms with van der Waals surface area (Å²) in [6, 6.07) is 5.48. The van der Waals surface area contributed by atoms with E-state index in [1.165, 1.54) is 0 Å². The molecule has 3 N–H and O–H groups in total. The van der Waals surface area contributed by atoms with E-state index in [4.69, 9.17) is 17.3 Å². The van der Waals surface area contributed by atoms with Crippen LogP contribution in [0.15, 0.2) is 28.9 Å². The minimum atomic E-state index is 0.233. The summed E-state index contributed by atoms with van der Waals surface area (Å²) in [7, 11) is 0. The molecule has 0 saturated heterocycles. The molecule has 0 aliphatic heterocycles.